The Morgan fingerprint density at radius 1 is 1.00 bits per heavy atom. The average molecular weight is 576 g/mol. The third-order valence-electron chi connectivity index (χ3n) is 6.61. The first-order valence-corrected chi connectivity index (χ1v) is 14.4. The second-order valence-corrected chi connectivity index (χ2v) is 11.8. The zero-order chi connectivity index (χ0) is 29.4. The van der Waals surface area contributed by atoms with Gasteiger partial charge in [0.1, 0.15) is 11.8 Å². The normalized spacial score (nSPS) is 17.1. The van der Waals surface area contributed by atoms with Crippen molar-refractivity contribution in [3.63, 3.8) is 0 Å². The van der Waals surface area contributed by atoms with E-state index in [1.165, 1.54) is 39.5 Å². The molecule has 1 saturated heterocycles. The Balaban J connectivity index is 1.71. The van der Waals surface area contributed by atoms with Crippen molar-refractivity contribution in [2.75, 3.05) is 34.4 Å². The Kier molecular flexibility index (Phi) is 10.5. The minimum absolute atomic E-state index is 0.0541. The van der Waals surface area contributed by atoms with E-state index in [2.05, 4.69) is 10.6 Å². The number of nitrogens with one attached hydrogen (secondary N) is 2. The molecule has 2 N–H and O–H groups in total. The molecule has 0 bridgehead atoms. The zero-order valence-electron chi connectivity index (χ0n) is 23.4. The molecule has 2 atom stereocenters. The van der Waals surface area contributed by atoms with E-state index in [9.17, 15) is 22.8 Å². The van der Waals surface area contributed by atoms with Gasteiger partial charge in [-0.1, -0.05) is 13.8 Å². The van der Waals surface area contributed by atoms with E-state index in [4.69, 9.17) is 14.2 Å². The summed E-state index contributed by atoms with van der Waals surface area (Å²) in [6, 6.07) is 8.84. The van der Waals surface area contributed by atoms with E-state index in [0.717, 1.165) is 4.31 Å². The number of nitrogens with zero attached hydrogens (tertiary/aromatic N) is 1. The summed E-state index contributed by atoms with van der Waals surface area (Å²) in [5.74, 6) is 0.0124. The molecule has 3 rings (SSSR count). The predicted octanol–water partition coefficient (Wildman–Crippen LogP) is 2.40. The lowest BCUT2D eigenvalue weighted by atomic mass is 10.0. The summed E-state index contributed by atoms with van der Waals surface area (Å²) in [5, 5.41) is 5.51. The predicted molar refractivity (Wildman–Crippen MR) is 148 cm³/mol. The lowest BCUT2D eigenvalue weighted by Gasteiger charge is -2.24. The average Bonchev–Trinajstić information content (AvgIpc) is 3.13. The third-order valence-corrected chi connectivity index (χ3v) is 8.47. The van der Waals surface area contributed by atoms with Gasteiger partial charge in [0.25, 0.3) is 5.91 Å². The fourth-order valence-corrected chi connectivity index (χ4v) is 5.89. The fraction of sp³-hybridized carbons (Fsp3) is 0.464. The number of ether oxygens (including phenoxy) is 3. The Labute approximate surface area is 235 Å². The molecule has 0 aromatic heterocycles. The first-order chi connectivity index (χ1) is 19.0. The molecule has 11 nitrogen and oxygen atoms in total. The first kappa shape index (κ1) is 30.9. The Bertz CT molecular complexity index is 1310. The van der Waals surface area contributed by atoms with E-state index in [0.29, 0.717) is 30.1 Å². The van der Waals surface area contributed by atoms with Crippen LogP contribution in [0.1, 0.15) is 43.5 Å². The molecule has 1 aliphatic rings. The van der Waals surface area contributed by atoms with Gasteiger partial charge >= 0.3 is 0 Å². The van der Waals surface area contributed by atoms with Gasteiger partial charge in [0, 0.05) is 12.1 Å². The lowest BCUT2D eigenvalue weighted by molar-refractivity contribution is -0.129. The molecule has 12 heteroatoms. The van der Waals surface area contributed by atoms with Crippen molar-refractivity contribution in [2.24, 2.45) is 5.92 Å². The van der Waals surface area contributed by atoms with Crippen LogP contribution < -0.4 is 24.8 Å². The Morgan fingerprint density at radius 2 is 1.68 bits per heavy atom. The van der Waals surface area contributed by atoms with Crippen molar-refractivity contribution < 1.29 is 37.0 Å². The largest absolute Gasteiger partial charge is 0.497 e. The van der Waals surface area contributed by atoms with Gasteiger partial charge in [0.05, 0.1) is 38.8 Å². The summed E-state index contributed by atoms with van der Waals surface area (Å²) >= 11 is 0. The van der Waals surface area contributed by atoms with Crippen LogP contribution in [-0.2, 0) is 19.6 Å². The zero-order valence-corrected chi connectivity index (χ0v) is 24.2. The minimum Gasteiger partial charge on any atom is -0.497 e. The maximum atomic E-state index is 13.3. The standard InChI is InChI=1S/C28H37N3O8S/c1-18(2)15-23(30-27(33)19-8-13-25(38-4)26(16-19)39-5)28(34)29-22-7-6-14-31(17-24(22)32)40(35,36)21-11-9-20(37-3)10-12-21/h8-13,16,18,22-23H,6-7,14-15,17H2,1-5H3,(H,29,34)(H,30,33)/t22?,23-/m0/s1. The molecule has 1 aliphatic heterocycles. The molecule has 40 heavy (non-hydrogen) atoms. The smallest absolute Gasteiger partial charge is 0.252 e. The van der Waals surface area contributed by atoms with Gasteiger partial charge in [-0.25, -0.2) is 8.42 Å². The summed E-state index contributed by atoms with van der Waals surface area (Å²) in [5.41, 5.74) is 0.282. The molecule has 0 radical (unpaired) electrons. The van der Waals surface area contributed by atoms with E-state index < -0.39 is 39.7 Å². The van der Waals surface area contributed by atoms with Crippen molar-refractivity contribution in [3.05, 3.63) is 48.0 Å². The highest BCUT2D eigenvalue weighted by Crippen LogP contribution is 2.27. The number of hydrogen-bond donors (Lipinski definition) is 2. The van der Waals surface area contributed by atoms with Gasteiger partial charge in [0.15, 0.2) is 17.3 Å². The quantitative estimate of drug-likeness (QED) is 0.416. The highest BCUT2D eigenvalue weighted by molar-refractivity contribution is 7.89. The lowest BCUT2D eigenvalue weighted by Crippen LogP contribution is -2.52. The van der Waals surface area contributed by atoms with Crippen LogP contribution in [0, 0.1) is 5.92 Å². The van der Waals surface area contributed by atoms with Crippen molar-refractivity contribution in [1.82, 2.24) is 14.9 Å². The summed E-state index contributed by atoms with van der Waals surface area (Å²) in [6.07, 6.45) is 0.986. The second kappa shape index (κ2) is 13.6. The molecule has 1 fully saturated rings. The van der Waals surface area contributed by atoms with Crippen LogP contribution >= 0.6 is 0 Å². The number of carbonyl (C=O) groups is 3. The molecule has 218 valence electrons. The van der Waals surface area contributed by atoms with Crippen molar-refractivity contribution in [1.29, 1.82) is 0 Å². The van der Waals surface area contributed by atoms with Crippen LogP contribution in [0.15, 0.2) is 47.4 Å². The molecular weight excluding hydrogens is 538 g/mol. The SMILES string of the molecule is COc1ccc(S(=O)(=O)N2CCCC(NC(=O)[C@H](CC(C)C)NC(=O)c3ccc(OC)c(OC)c3)C(=O)C2)cc1. The van der Waals surface area contributed by atoms with Crippen LogP contribution in [0.2, 0.25) is 0 Å². The van der Waals surface area contributed by atoms with Crippen LogP contribution in [0.25, 0.3) is 0 Å². The molecule has 0 aliphatic carbocycles. The summed E-state index contributed by atoms with van der Waals surface area (Å²) in [4.78, 5) is 39.5. The van der Waals surface area contributed by atoms with Crippen LogP contribution in [0.5, 0.6) is 17.2 Å². The van der Waals surface area contributed by atoms with Gasteiger partial charge in [-0.15, -0.1) is 0 Å². The van der Waals surface area contributed by atoms with E-state index in [-0.39, 0.29) is 35.9 Å². The second-order valence-electron chi connectivity index (χ2n) is 9.91. The van der Waals surface area contributed by atoms with Crippen LogP contribution in [0.3, 0.4) is 0 Å². The van der Waals surface area contributed by atoms with Gasteiger partial charge in [0.2, 0.25) is 15.9 Å². The Hall–Kier alpha value is -3.64. The van der Waals surface area contributed by atoms with E-state index >= 15 is 0 Å². The number of rotatable bonds is 11. The summed E-state index contributed by atoms with van der Waals surface area (Å²) < 4.78 is 43.0. The number of benzene rings is 2. The van der Waals surface area contributed by atoms with E-state index in [1.807, 2.05) is 13.8 Å². The summed E-state index contributed by atoms with van der Waals surface area (Å²) in [7, 11) is 0.517. The number of sulfonamides is 1. The fourth-order valence-electron chi connectivity index (χ4n) is 4.44. The monoisotopic (exact) mass is 575 g/mol. The molecule has 2 aromatic carbocycles. The molecule has 2 aromatic rings. The van der Waals surface area contributed by atoms with Gasteiger partial charge in [-0.3, -0.25) is 14.4 Å². The van der Waals surface area contributed by atoms with E-state index in [1.54, 1.807) is 24.3 Å². The molecule has 0 saturated carbocycles. The number of Topliss-reactive ketones (excluding diaryl/α,β-unsaturated/α-hetero) is 1. The molecule has 1 unspecified atom stereocenters. The maximum absolute atomic E-state index is 13.3. The minimum atomic E-state index is -3.92. The van der Waals surface area contributed by atoms with Crippen LogP contribution in [-0.4, -0.2) is 76.8 Å². The maximum Gasteiger partial charge on any atom is 0.252 e. The highest BCUT2D eigenvalue weighted by Gasteiger charge is 2.34. The van der Waals surface area contributed by atoms with Gasteiger partial charge in [-0.05, 0) is 67.6 Å². The van der Waals surface area contributed by atoms with Crippen molar-refractivity contribution in [3.8, 4) is 17.2 Å². The molecular formula is C28H37N3O8S. The first-order valence-electron chi connectivity index (χ1n) is 13.0. The number of ketones is 1. The van der Waals surface area contributed by atoms with Crippen LogP contribution in [0.4, 0.5) is 0 Å². The molecule has 1 heterocycles. The number of methoxy groups -OCH3 is 3. The number of carbonyl (C=O) groups excluding carboxylic acids is 3. The van der Waals surface area contributed by atoms with Crippen molar-refractivity contribution in [2.45, 2.75) is 50.1 Å². The van der Waals surface area contributed by atoms with Crippen molar-refractivity contribution >= 4 is 27.6 Å². The van der Waals surface area contributed by atoms with Gasteiger partial charge in [-0.2, -0.15) is 4.31 Å². The summed E-state index contributed by atoms with van der Waals surface area (Å²) in [6.45, 7) is 3.60. The Morgan fingerprint density at radius 3 is 2.27 bits per heavy atom. The molecule has 2 amide bonds. The third kappa shape index (κ3) is 7.51. The van der Waals surface area contributed by atoms with Gasteiger partial charge < -0.3 is 24.8 Å². The highest BCUT2D eigenvalue weighted by atomic mass is 32.2. The number of amides is 2. The molecule has 0 spiro atoms. The number of hydrogen-bond acceptors (Lipinski definition) is 8. The topological polar surface area (TPSA) is 140 Å².